The molecule has 1 heterocycles. The number of ether oxygens (including phenoxy) is 1. The van der Waals surface area contributed by atoms with Crippen molar-refractivity contribution in [3.05, 3.63) is 95.3 Å². The van der Waals surface area contributed by atoms with Gasteiger partial charge in [0.15, 0.2) is 0 Å². The van der Waals surface area contributed by atoms with Crippen molar-refractivity contribution in [3.63, 3.8) is 0 Å². The third-order valence-electron chi connectivity index (χ3n) is 5.73. The van der Waals surface area contributed by atoms with Crippen LogP contribution in [0.1, 0.15) is 55.1 Å². The van der Waals surface area contributed by atoms with Gasteiger partial charge >= 0.3 is 0 Å². The smallest absolute Gasteiger partial charge is 0.133 e. The van der Waals surface area contributed by atoms with Crippen LogP contribution in [0.2, 0.25) is 0 Å². The zero-order valence-corrected chi connectivity index (χ0v) is 19.3. The van der Waals surface area contributed by atoms with Crippen LogP contribution in [0, 0.1) is 6.92 Å². The van der Waals surface area contributed by atoms with Gasteiger partial charge in [-0.3, -0.25) is 0 Å². The van der Waals surface area contributed by atoms with Gasteiger partial charge in [-0.2, -0.15) is 0 Å². The summed E-state index contributed by atoms with van der Waals surface area (Å²) >= 11 is 0. The predicted octanol–water partition coefficient (Wildman–Crippen LogP) is 7.50. The second-order valence-corrected chi connectivity index (χ2v) is 8.61. The van der Waals surface area contributed by atoms with E-state index in [1.807, 2.05) is 12.1 Å². The van der Waals surface area contributed by atoms with E-state index in [4.69, 9.17) is 9.72 Å². The van der Waals surface area contributed by atoms with Crippen LogP contribution >= 0.6 is 0 Å². The summed E-state index contributed by atoms with van der Waals surface area (Å²) in [6.45, 7) is 8.19. The minimum absolute atomic E-state index is 0.460. The zero-order valence-electron chi connectivity index (χ0n) is 19.3. The van der Waals surface area contributed by atoms with Gasteiger partial charge in [0.05, 0.1) is 17.6 Å². The molecule has 0 atom stereocenters. The summed E-state index contributed by atoms with van der Waals surface area (Å²) in [6.07, 6.45) is 6.29. The quantitative estimate of drug-likeness (QED) is 0.260. The molecule has 0 unspecified atom stereocenters. The Kier molecular flexibility index (Phi) is 7.06. The van der Waals surface area contributed by atoms with E-state index >= 15 is 0 Å². The Bertz CT molecular complexity index is 1190. The van der Waals surface area contributed by atoms with E-state index in [1.54, 1.807) is 0 Å². The molecule has 32 heavy (non-hydrogen) atoms. The summed E-state index contributed by atoms with van der Waals surface area (Å²) < 4.78 is 8.50. The fourth-order valence-corrected chi connectivity index (χ4v) is 3.99. The number of para-hydroxylation sites is 2. The number of hydrogen-bond donors (Lipinski definition) is 0. The van der Waals surface area contributed by atoms with Crippen molar-refractivity contribution in [3.8, 4) is 5.75 Å². The highest BCUT2D eigenvalue weighted by Gasteiger charge is 2.10. The molecule has 0 N–H and O–H groups in total. The summed E-state index contributed by atoms with van der Waals surface area (Å²) in [7, 11) is 0. The molecule has 0 saturated heterocycles. The minimum Gasteiger partial charge on any atom is -0.493 e. The molecule has 0 amide bonds. The van der Waals surface area contributed by atoms with Crippen LogP contribution in [0.4, 0.5) is 0 Å². The van der Waals surface area contributed by atoms with Gasteiger partial charge in [0.1, 0.15) is 11.6 Å². The van der Waals surface area contributed by atoms with E-state index in [0.717, 1.165) is 43.1 Å². The molecule has 3 heteroatoms. The second kappa shape index (κ2) is 10.3. The molecule has 0 spiro atoms. The first kappa shape index (κ1) is 21.9. The molecule has 3 nitrogen and oxygen atoms in total. The van der Waals surface area contributed by atoms with E-state index in [9.17, 15) is 0 Å². The summed E-state index contributed by atoms with van der Waals surface area (Å²) in [5.41, 5.74) is 5.92. The van der Waals surface area contributed by atoms with Gasteiger partial charge in [0.25, 0.3) is 0 Å². The number of aromatic nitrogens is 2. The van der Waals surface area contributed by atoms with Crippen LogP contribution < -0.4 is 4.74 Å². The Hall–Kier alpha value is -3.33. The standard InChI is InChI=1S/C29H32N2O/c1-22(2)25-17-15-23(3)21-28(25)32-20-10-9-19-31-27-14-8-7-13-26(27)30-29(31)18-16-24-11-5-4-6-12-24/h4-8,11-18,21-22H,9-10,19-20H2,1-3H3/b18-16+. The normalized spacial score (nSPS) is 11.6. The highest BCUT2D eigenvalue weighted by molar-refractivity contribution is 5.79. The van der Waals surface area contributed by atoms with Crippen molar-refractivity contribution in [1.82, 2.24) is 9.55 Å². The Morgan fingerprint density at radius 3 is 2.50 bits per heavy atom. The Labute approximate surface area is 191 Å². The molecular formula is C29H32N2O. The summed E-state index contributed by atoms with van der Waals surface area (Å²) in [5.74, 6) is 2.48. The van der Waals surface area contributed by atoms with Gasteiger partial charge in [0.2, 0.25) is 0 Å². The van der Waals surface area contributed by atoms with E-state index in [0.29, 0.717) is 5.92 Å². The van der Waals surface area contributed by atoms with E-state index < -0.39 is 0 Å². The first-order valence-corrected chi connectivity index (χ1v) is 11.5. The number of nitrogens with zero attached hydrogens (tertiary/aromatic N) is 2. The van der Waals surface area contributed by atoms with Crippen LogP contribution in [-0.2, 0) is 6.54 Å². The van der Waals surface area contributed by atoms with Crippen LogP contribution in [-0.4, -0.2) is 16.2 Å². The van der Waals surface area contributed by atoms with Gasteiger partial charge < -0.3 is 9.30 Å². The van der Waals surface area contributed by atoms with Crippen molar-refractivity contribution >= 4 is 23.2 Å². The lowest BCUT2D eigenvalue weighted by molar-refractivity contribution is 0.299. The molecule has 4 rings (SSSR count). The maximum Gasteiger partial charge on any atom is 0.133 e. The van der Waals surface area contributed by atoms with Crippen LogP contribution in [0.3, 0.4) is 0 Å². The summed E-state index contributed by atoms with van der Waals surface area (Å²) in [6, 6.07) is 25.3. The average molecular weight is 425 g/mol. The molecule has 0 fully saturated rings. The number of imidazole rings is 1. The lowest BCUT2D eigenvalue weighted by Crippen LogP contribution is -2.05. The number of rotatable bonds is 9. The first-order valence-electron chi connectivity index (χ1n) is 11.5. The van der Waals surface area contributed by atoms with Gasteiger partial charge in [-0.1, -0.05) is 74.5 Å². The third kappa shape index (κ3) is 5.28. The van der Waals surface area contributed by atoms with Crippen molar-refractivity contribution in [2.45, 2.75) is 46.1 Å². The SMILES string of the molecule is Cc1ccc(C(C)C)c(OCCCCn2c(/C=C/c3ccccc3)nc3ccccc32)c1. The predicted molar refractivity (Wildman–Crippen MR) is 135 cm³/mol. The summed E-state index contributed by atoms with van der Waals surface area (Å²) in [5, 5.41) is 0. The Balaban J connectivity index is 1.42. The number of aryl methyl sites for hydroxylation is 2. The van der Waals surface area contributed by atoms with Crippen molar-refractivity contribution in [2.24, 2.45) is 0 Å². The maximum absolute atomic E-state index is 6.18. The molecule has 0 aliphatic carbocycles. The molecule has 164 valence electrons. The minimum atomic E-state index is 0.460. The molecule has 0 radical (unpaired) electrons. The Morgan fingerprint density at radius 1 is 0.906 bits per heavy atom. The zero-order chi connectivity index (χ0) is 22.3. The third-order valence-corrected chi connectivity index (χ3v) is 5.73. The molecule has 1 aromatic heterocycles. The number of fused-ring (bicyclic) bond motifs is 1. The van der Waals surface area contributed by atoms with Gasteiger partial charge in [-0.05, 0) is 66.6 Å². The van der Waals surface area contributed by atoms with Gasteiger partial charge in [0, 0.05) is 6.54 Å². The van der Waals surface area contributed by atoms with E-state index in [2.05, 4.69) is 98.2 Å². The first-order chi connectivity index (χ1) is 15.6. The number of hydrogen-bond acceptors (Lipinski definition) is 2. The monoisotopic (exact) mass is 424 g/mol. The largest absolute Gasteiger partial charge is 0.493 e. The van der Waals surface area contributed by atoms with E-state index in [-0.39, 0.29) is 0 Å². The molecule has 3 aromatic carbocycles. The molecule has 0 saturated carbocycles. The maximum atomic E-state index is 6.18. The van der Waals surface area contributed by atoms with Crippen molar-refractivity contribution in [1.29, 1.82) is 0 Å². The molecule has 0 bridgehead atoms. The van der Waals surface area contributed by atoms with Crippen LogP contribution in [0.25, 0.3) is 23.2 Å². The van der Waals surface area contributed by atoms with Crippen molar-refractivity contribution < 1.29 is 4.74 Å². The molecule has 4 aromatic rings. The molecule has 0 aliphatic rings. The second-order valence-electron chi connectivity index (χ2n) is 8.61. The van der Waals surface area contributed by atoms with Crippen molar-refractivity contribution in [2.75, 3.05) is 6.61 Å². The lowest BCUT2D eigenvalue weighted by Gasteiger charge is -2.15. The molecule has 0 aliphatic heterocycles. The highest BCUT2D eigenvalue weighted by atomic mass is 16.5. The fraction of sp³-hybridized carbons (Fsp3) is 0.276. The molecular weight excluding hydrogens is 392 g/mol. The Morgan fingerprint density at radius 2 is 1.69 bits per heavy atom. The average Bonchev–Trinajstić information content (AvgIpc) is 3.15. The summed E-state index contributed by atoms with van der Waals surface area (Å²) in [4.78, 5) is 4.86. The number of unbranched alkanes of at least 4 members (excludes halogenated alkanes) is 1. The van der Waals surface area contributed by atoms with E-state index in [1.165, 1.54) is 22.2 Å². The lowest BCUT2D eigenvalue weighted by atomic mass is 10.0. The van der Waals surface area contributed by atoms with Crippen LogP contribution in [0.5, 0.6) is 5.75 Å². The van der Waals surface area contributed by atoms with Gasteiger partial charge in [-0.25, -0.2) is 4.98 Å². The van der Waals surface area contributed by atoms with Gasteiger partial charge in [-0.15, -0.1) is 0 Å². The number of benzene rings is 3. The fourth-order valence-electron chi connectivity index (χ4n) is 3.99. The van der Waals surface area contributed by atoms with Crippen LogP contribution in [0.15, 0.2) is 72.8 Å². The topological polar surface area (TPSA) is 27.1 Å². The highest BCUT2D eigenvalue weighted by Crippen LogP contribution is 2.27.